The van der Waals surface area contributed by atoms with Crippen LogP contribution in [0.5, 0.6) is 0 Å². The van der Waals surface area contributed by atoms with Crippen LogP contribution in [0.2, 0.25) is 0 Å². The summed E-state index contributed by atoms with van der Waals surface area (Å²) >= 11 is 0. The van der Waals surface area contributed by atoms with E-state index in [4.69, 9.17) is 4.99 Å². The van der Waals surface area contributed by atoms with Crippen LogP contribution in [0.25, 0.3) is 38.4 Å². The molecule has 6 aromatic rings. The van der Waals surface area contributed by atoms with Crippen molar-refractivity contribution in [1.82, 2.24) is 9.97 Å². The van der Waals surface area contributed by atoms with E-state index < -0.39 is 0 Å². The molecule has 0 amide bonds. The predicted molar refractivity (Wildman–Crippen MR) is 165 cm³/mol. The minimum Gasteiger partial charge on any atom is -0.256 e. The Kier molecular flexibility index (Phi) is 6.56. The zero-order valence-corrected chi connectivity index (χ0v) is 22.4. The average Bonchev–Trinajstić information content (AvgIpc) is 2.98. The molecule has 39 heavy (non-hydrogen) atoms. The summed E-state index contributed by atoms with van der Waals surface area (Å²) in [5, 5.41) is 3.47. The van der Waals surface area contributed by atoms with Gasteiger partial charge in [-0.1, -0.05) is 91.0 Å². The van der Waals surface area contributed by atoms with Gasteiger partial charge in [0.1, 0.15) is 0 Å². The quantitative estimate of drug-likeness (QED) is 0.220. The molecule has 4 aromatic carbocycles. The molecule has 188 valence electrons. The van der Waals surface area contributed by atoms with Crippen molar-refractivity contribution in [2.75, 3.05) is 0 Å². The van der Waals surface area contributed by atoms with Crippen LogP contribution >= 0.6 is 0 Å². The predicted octanol–water partition coefficient (Wildman–Crippen LogP) is 9.29. The van der Waals surface area contributed by atoms with Gasteiger partial charge in [-0.25, -0.2) is 9.98 Å². The van der Waals surface area contributed by atoms with E-state index in [1.54, 1.807) is 0 Å². The smallest absolute Gasteiger partial charge is 0.155 e. The number of para-hydroxylation sites is 1. The highest BCUT2D eigenvalue weighted by Crippen LogP contribution is 2.32. The molecule has 0 unspecified atom stereocenters. The fraction of sp³-hybridized carbons (Fsp3) is 0.0833. The number of benzene rings is 4. The Hall–Kier alpha value is -4.89. The first-order chi connectivity index (χ1) is 19.1. The van der Waals surface area contributed by atoms with Crippen molar-refractivity contribution in [2.24, 2.45) is 4.99 Å². The molecule has 0 aliphatic heterocycles. The molecule has 6 rings (SSSR count). The average molecular weight is 504 g/mol. The summed E-state index contributed by atoms with van der Waals surface area (Å²) in [6.45, 7) is 6.29. The molecular formula is C36H29N3. The van der Waals surface area contributed by atoms with E-state index in [2.05, 4.69) is 121 Å². The molecular weight excluding hydrogens is 474 g/mol. The van der Waals surface area contributed by atoms with E-state index in [-0.39, 0.29) is 0 Å². The van der Waals surface area contributed by atoms with Gasteiger partial charge in [0.05, 0.1) is 5.52 Å². The lowest BCUT2D eigenvalue weighted by Crippen LogP contribution is -1.96. The van der Waals surface area contributed by atoms with Crippen LogP contribution in [-0.2, 0) is 0 Å². The lowest BCUT2D eigenvalue weighted by molar-refractivity contribution is 1.25. The first-order valence-electron chi connectivity index (χ1n) is 13.2. The minimum absolute atomic E-state index is 0.756. The molecule has 0 spiro atoms. The largest absolute Gasteiger partial charge is 0.256 e. The lowest BCUT2D eigenvalue weighted by atomic mass is 9.91. The van der Waals surface area contributed by atoms with E-state index in [1.165, 1.54) is 27.6 Å². The number of fused-ring (bicyclic) bond motifs is 2. The zero-order valence-electron chi connectivity index (χ0n) is 22.4. The summed E-state index contributed by atoms with van der Waals surface area (Å²) in [5.41, 5.74) is 10.0. The van der Waals surface area contributed by atoms with Gasteiger partial charge in [-0.15, -0.1) is 0 Å². The summed E-state index contributed by atoms with van der Waals surface area (Å²) in [6.07, 6.45) is 5.96. The molecule has 2 heterocycles. The molecule has 2 aromatic heterocycles. The number of allylic oxidation sites excluding steroid dienone is 1. The van der Waals surface area contributed by atoms with E-state index in [9.17, 15) is 0 Å². The molecule has 0 bridgehead atoms. The highest BCUT2D eigenvalue weighted by atomic mass is 14.9. The molecule has 0 N–H and O–H groups in total. The van der Waals surface area contributed by atoms with Gasteiger partial charge in [0.25, 0.3) is 0 Å². The van der Waals surface area contributed by atoms with Gasteiger partial charge in [-0.3, -0.25) is 4.98 Å². The Balaban J connectivity index is 1.43. The van der Waals surface area contributed by atoms with Crippen molar-refractivity contribution in [3.63, 3.8) is 0 Å². The van der Waals surface area contributed by atoms with Crippen molar-refractivity contribution in [3.05, 3.63) is 144 Å². The van der Waals surface area contributed by atoms with Crippen molar-refractivity contribution >= 4 is 38.8 Å². The summed E-state index contributed by atoms with van der Waals surface area (Å²) in [6, 6.07) is 36.0. The van der Waals surface area contributed by atoms with E-state index in [0.29, 0.717) is 0 Å². The highest BCUT2D eigenvalue weighted by molar-refractivity contribution is 6.04. The number of hydrogen-bond donors (Lipinski definition) is 0. The van der Waals surface area contributed by atoms with Gasteiger partial charge in [0.15, 0.2) is 5.82 Å². The minimum atomic E-state index is 0.756. The first kappa shape index (κ1) is 24.4. The number of aryl methyl sites for hydroxylation is 2. The second-order valence-corrected chi connectivity index (χ2v) is 9.87. The first-order valence-corrected chi connectivity index (χ1v) is 13.2. The standard InChI is InChI=1S/C36H29N3/c1-24-10-4-6-12-30(24)34(22-25(2)39-36-26(3)31-13-7-5-11-29(31)23-38-36)28-18-16-27(17-19-28)32-20-21-37-35-15-9-8-14-33(32)35/h4-23H,1-3H3/b34-22-,39-25+. The summed E-state index contributed by atoms with van der Waals surface area (Å²) < 4.78 is 0. The van der Waals surface area contributed by atoms with E-state index >= 15 is 0 Å². The molecule has 0 saturated carbocycles. The van der Waals surface area contributed by atoms with Crippen molar-refractivity contribution in [3.8, 4) is 11.1 Å². The Morgan fingerprint density at radius 1 is 0.718 bits per heavy atom. The van der Waals surface area contributed by atoms with E-state index in [1.807, 2.05) is 31.5 Å². The summed E-state index contributed by atoms with van der Waals surface area (Å²) in [5.74, 6) is 0.756. The Morgan fingerprint density at radius 2 is 1.44 bits per heavy atom. The van der Waals surface area contributed by atoms with Crippen LogP contribution in [-0.4, -0.2) is 15.7 Å². The van der Waals surface area contributed by atoms with Crippen LogP contribution in [0.3, 0.4) is 0 Å². The van der Waals surface area contributed by atoms with Crippen LogP contribution in [0, 0.1) is 13.8 Å². The zero-order chi connectivity index (χ0) is 26.8. The second kappa shape index (κ2) is 10.5. The number of nitrogens with zero attached hydrogens (tertiary/aromatic N) is 3. The third kappa shape index (κ3) is 4.87. The maximum absolute atomic E-state index is 4.95. The van der Waals surface area contributed by atoms with Gasteiger partial charge in [-0.2, -0.15) is 0 Å². The number of rotatable bonds is 5. The molecule has 0 aliphatic carbocycles. The van der Waals surface area contributed by atoms with Crippen LogP contribution in [0.1, 0.15) is 29.2 Å². The topological polar surface area (TPSA) is 38.1 Å². The van der Waals surface area contributed by atoms with Gasteiger partial charge in [0.2, 0.25) is 0 Å². The molecule has 0 atom stereocenters. The molecule has 0 saturated heterocycles. The third-order valence-electron chi connectivity index (χ3n) is 7.25. The van der Waals surface area contributed by atoms with Gasteiger partial charge in [0, 0.05) is 34.4 Å². The fourth-order valence-electron chi connectivity index (χ4n) is 5.19. The Bertz CT molecular complexity index is 1870. The summed E-state index contributed by atoms with van der Waals surface area (Å²) in [4.78, 5) is 14.1. The van der Waals surface area contributed by atoms with Gasteiger partial charge >= 0.3 is 0 Å². The van der Waals surface area contributed by atoms with E-state index in [0.717, 1.165) is 44.5 Å². The molecule has 0 aliphatic rings. The Morgan fingerprint density at radius 3 is 2.26 bits per heavy atom. The van der Waals surface area contributed by atoms with Gasteiger partial charge in [-0.05, 0) is 77.8 Å². The van der Waals surface area contributed by atoms with Crippen LogP contribution in [0.4, 0.5) is 5.82 Å². The number of aliphatic imine (C=N–C) groups is 1. The summed E-state index contributed by atoms with van der Waals surface area (Å²) in [7, 11) is 0. The Labute approximate surface area is 229 Å². The monoisotopic (exact) mass is 503 g/mol. The highest BCUT2D eigenvalue weighted by Gasteiger charge is 2.11. The van der Waals surface area contributed by atoms with Gasteiger partial charge < -0.3 is 0 Å². The number of hydrogen-bond acceptors (Lipinski definition) is 3. The van der Waals surface area contributed by atoms with Crippen molar-refractivity contribution < 1.29 is 0 Å². The molecule has 3 nitrogen and oxygen atoms in total. The number of aromatic nitrogens is 2. The van der Waals surface area contributed by atoms with Crippen molar-refractivity contribution in [1.29, 1.82) is 0 Å². The maximum atomic E-state index is 4.95. The third-order valence-corrected chi connectivity index (χ3v) is 7.25. The lowest BCUT2D eigenvalue weighted by Gasteiger charge is -2.13. The maximum Gasteiger partial charge on any atom is 0.155 e. The molecule has 0 fully saturated rings. The SMILES string of the molecule is CC(/C=C(/c1ccc(-c2ccnc3ccccc23)cc1)c1ccccc1C)=N\c1ncc2ccccc2c1C. The van der Waals surface area contributed by atoms with Crippen molar-refractivity contribution in [2.45, 2.75) is 20.8 Å². The number of pyridine rings is 2. The molecule has 3 heteroatoms. The fourth-order valence-corrected chi connectivity index (χ4v) is 5.19. The molecule has 0 radical (unpaired) electrons. The second-order valence-electron chi connectivity index (χ2n) is 9.87. The van der Waals surface area contributed by atoms with Crippen LogP contribution < -0.4 is 0 Å². The van der Waals surface area contributed by atoms with Crippen LogP contribution in [0.15, 0.2) is 127 Å². The normalized spacial score (nSPS) is 12.3.